The van der Waals surface area contributed by atoms with Gasteiger partial charge in [-0.25, -0.2) is 4.79 Å². The monoisotopic (exact) mass is 377 g/mol. The Hall–Kier alpha value is -1.82. The second-order valence-corrected chi connectivity index (χ2v) is 7.57. The highest BCUT2D eigenvalue weighted by Gasteiger charge is 2.26. The van der Waals surface area contributed by atoms with E-state index in [1.54, 1.807) is 4.90 Å². The molecule has 1 aromatic carbocycles. The van der Waals surface area contributed by atoms with Gasteiger partial charge in [-0.05, 0) is 39.0 Å². The summed E-state index contributed by atoms with van der Waals surface area (Å²) >= 11 is 3.48. The van der Waals surface area contributed by atoms with Crippen molar-refractivity contribution in [3.8, 4) is 11.3 Å². The van der Waals surface area contributed by atoms with Gasteiger partial charge >= 0.3 is 6.09 Å². The fourth-order valence-corrected chi connectivity index (χ4v) is 2.94. The lowest BCUT2D eigenvalue weighted by molar-refractivity contribution is 0.0194. The number of fused-ring (bicyclic) bond motifs is 1. The fourth-order valence-electron chi connectivity index (χ4n) is 2.54. The minimum absolute atomic E-state index is 0.269. The summed E-state index contributed by atoms with van der Waals surface area (Å²) in [7, 11) is 0. The van der Waals surface area contributed by atoms with E-state index in [0.29, 0.717) is 19.6 Å². The first kappa shape index (κ1) is 16.1. The summed E-state index contributed by atoms with van der Waals surface area (Å²) in [5.74, 6) is 0. The quantitative estimate of drug-likeness (QED) is 0.752. The van der Waals surface area contributed by atoms with Gasteiger partial charge in [0.05, 0.1) is 24.5 Å². The average Bonchev–Trinajstić information content (AvgIpc) is 2.88. The molecular weight excluding hydrogens is 358 g/mol. The molecule has 0 fully saturated rings. The lowest BCUT2D eigenvalue weighted by Gasteiger charge is -2.30. The van der Waals surface area contributed by atoms with Gasteiger partial charge in [-0.1, -0.05) is 28.1 Å². The molecule has 1 aliphatic heterocycles. The van der Waals surface area contributed by atoms with E-state index in [-0.39, 0.29) is 6.09 Å². The summed E-state index contributed by atoms with van der Waals surface area (Å²) in [5.41, 5.74) is 2.53. The van der Waals surface area contributed by atoms with Crippen LogP contribution in [0.2, 0.25) is 0 Å². The zero-order valence-electron chi connectivity index (χ0n) is 13.5. The predicted molar refractivity (Wildman–Crippen MR) is 92.0 cm³/mol. The molecule has 3 rings (SSSR count). The van der Waals surface area contributed by atoms with Gasteiger partial charge < -0.3 is 9.64 Å². The van der Waals surface area contributed by atoms with Crippen molar-refractivity contribution in [2.24, 2.45) is 0 Å². The number of hydrogen-bond acceptors (Lipinski definition) is 3. The Kier molecular flexibility index (Phi) is 4.19. The van der Waals surface area contributed by atoms with Crippen molar-refractivity contribution in [2.75, 3.05) is 6.54 Å². The topological polar surface area (TPSA) is 47.4 Å². The lowest BCUT2D eigenvalue weighted by atomic mass is 10.1. The van der Waals surface area contributed by atoms with Crippen LogP contribution in [-0.4, -0.2) is 32.9 Å². The molecule has 1 amide bonds. The molecule has 0 aliphatic carbocycles. The number of halogens is 1. The largest absolute Gasteiger partial charge is 0.444 e. The molecule has 0 N–H and O–H groups in total. The molecule has 0 saturated heterocycles. The molecule has 6 heteroatoms. The van der Waals surface area contributed by atoms with Crippen LogP contribution in [0, 0.1) is 0 Å². The first-order valence-corrected chi connectivity index (χ1v) is 8.42. The Morgan fingerprint density at radius 1 is 1.26 bits per heavy atom. The SMILES string of the molecule is CC(C)(C)OC(=O)N1CCn2nc(-c3cccc(Br)c3)cc2C1. The van der Waals surface area contributed by atoms with Crippen LogP contribution in [0.15, 0.2) is 34.8 Å². The second kappa shape index (κ2) is 6.00. The van der Waals surface area contributed by atoms with E-state index < -0.39 is 5.60 Å². The lowest BCUT2D eigenvalue weighted by Crippen LogP contribution is -2.41. The maximum absolute atomic E-state index is 12.2. The number of nitrogens with zero attached hydrogens (tertiary/aromatic N) is 3. The van der Waals surface area contributed by atoms with Gasteiger partial charge in [-0.15, -0.1) is 0 Å². The molecule has 0 spiro atoms. The summed E-state index contributed by atoms with van der Waals surface area (Å²) in [4.78, 5) is 13.9. The zero-order chi connectivity index (χ0) is 16.6. The van der Waals surface area contributed by atoms with Crippen LogP contribution in [0.1, 0.15) is 26.5 Å². The summed E-state index contributed by atoms with van der Waals surface area (Å²) in [6, 6.07) is 10.1. The van der Waals surface area contributed by atoms with E-state index in [1.807, 2.05) is 55.8 Å². The smallest absolute Gasteiger partial charge is 0.410 e. The predicted octanol–water partition coefficient (Wildman–Crippen LogP) is 4.06. The molecule has 1 aliphatic rings. The van der Waals surface area contributed by atoms with E-state index in [4.69, 9.17) is 4.74 Å². The first-order valence-electron chi connectivity index (χ1n) is 7.62. The highest BCUT2D eigenvalue weighted by molar-refractivity contribution is 9.10. The van der Waals surface area contributed by atoms with Crippen molar-refractivity contribution < 1.29 is 9.53 Å². The average molecular weight is 378 g/mol. The fraction of sp³-hybridized carbons (Fsp3) is 0.412. The maximum atomic E-state index is 12.2. The highest BCUT2D eigenvalue weighted by Crippen LogP contribution is 2.25. The Morgan fingerprint density at radius 2 is 2.04 bits per heavy atom. The summed E-state index contributed by atoms with van der Waals surface area (Å²) in [6.07, 6.45) is -0.269. The highest BCUT2D eigenvalue weighted by atomic mass is 79.9. The summed E-state index contributed by atoms with van der Waals surface area (Å²) in [5, 5.41) is 4.65. The van der Waals surface area contributed by atoms with Crippen LogP contribution in [-0.2, 0) is 17.8 Å². The van der Waals surface area contributed by atoms with E-state index in [1.165, 1.54) is 0 Å². The van der Waals surface area contributed by atoms with Crippen molar-refractivity contribution in [3.05, 3.63) is 40.5 Å². The van der Waals surface area contributed by atoms with Gasteiger partial charge in [0.1, 0.15) is 5.60 Å². The van der Waals surface area contributed by atoms with Crippen LogP contribution in [0.5, 0.6) is 0 Å². The van der Waals surface area contributed by atoms with Gasteiger partial charge in [0.2, 0.25) is 0 Å². The molecule has 0 saturated carbocycles. The van der Waals surface area contributed by atoms with Crippen LogP contribution in [0.25, 0.3) is 11.3 Å². The van der Waals surface area contributed by atoms with E-state index in [2.05, 4.69) is 21.0 Å². The van der Waals surface area contributed by atoms with Gasteiger partial charge in [0.25, 0.3) is 0 Å². The minimum atomic E-state index is -0.476. The number of carbonyl (C=O) groups excluding carboxylic acids is 1. The maximum Gasteiger partial charge on any atom is 0.410 e. The molecule has 0 unspecified atom stereocenters. The number of ether oxygens (including phenoxy) is 1. The van der Waals surface area contributed by atoms with E-state index in [9.17, 15) is 4.79 Å². The van der Waals surface area contributed by atoms with Crippen molar-refractivity contribution in [1.29, 1.82) is 0 Å². The normalized spacial score (nSPS) is 14.5. The number of aromatic nitrogens is 2. The van der Waals surface area contributed by atoms with Crippen molar-refractivity contribution in [1.82, 2.24) is 14.7 Å². The summed E-state index contributed by atoms with van der Waals surface area (Å²) < 4.78 is 8.44. The Bertz CT molecular complexity index is 734. The number of hydrogen-bond donors (Lipinski definition) is 0. The molecular formula is C17H20BrN3O2. The Morgan fingerprint density at radius 3 is 2.74 bits per heavy atom. The number of benzene rings is 1. The van der Waals surface area contributed by atoms with Gasteiger partial charge in [0.15, 0.2) is 0 Å². The van der Waals surface area contributed by atoms with Crippen LogP contribution < -0.4 is 0 Å². The molecule has 0 radical (unpaired) electrons. The number of amides is 1. The Labute approximate surface area is 144 Å². The second-order valence-electron chi connectivity index (χ2n) is 6.66. The number of rotatable bonds is 1. The third kappa shape index (κ3) is 3.75. The van der Waals surface area contributed by atoms with Gasteiger partial charge in [0, 0.05) is 16.6 Å². The Balaban J connectivity index is 1.78. The van der Waals surface area contributed by atoms with Gasteiger partial charge in [-0.3, -0.25) is 4.68 Å². The zero-order valence-corrected chi connectivity index (χ0v) is 15.1. The molecule has 0 bridgehead atoms. The number of carbonyl (C=O) groups is 1. The molecule has 5 nitrogen and oxygen atoms in total. The van der Waals surface area contributed by atoms with Crippen molar-refractivity contribution in [2.45, 2.75) is 39.5 Å². The van der Waals surface area contributed by atoms with Crippen LogP contribution >= 0.6 is 15.9 Å². The molecule has 0 atom stereocenters. The molecule has 1 aromatic heterocycles. The molecule has 23 heavy (non-hydrogen) atoms. The third-order valence-corrected chi connectivity index (χ3v) is 4.06. The van der Waals surface area contributed by atoms with E-state index >= 15 is 0 Å². The minimum Gasteiger partial charge on any atom is -0.444 e. The van der Waals surface area contributed by atoms with Crippen LogP contribution in [0.3, 0.4) is 0 Å². The van der Waals surface area contributed by atoms with Crippen molar-refractivity contribution >= 4 is 22.0 Å². The molecule has 122 valence electrons. The molecule has 2 heterocycles. The van der Waals surface area contributed by atoms with Crippen LogP contribution in [0.4, 0.5) is 4.79 Å². The molecule has 2 aromatic rings. The standard InChI is InChI=1S/C17H20BrN3O2/c1-17(2,3)23-16(22)20-7-8-21-14(11-20)10-15(19-21)12-5-4-6-13(18)9-12/h4-6,9-10H,7-8,11H2,1-3H3. The third-order valence-electron chi connectivity index (χ3n) is 3.57. The first-order chi connectivity index (χ1) is 10.8. The van der Waals surface area contributed by atoms with Crippen molar-refractivity contribution in [3.63, 3.8) is 0 Å². The summed E-state index contributed by atoms with van der Waals surface area (Å²) in [6.45, 7) is 7.46. The van der Waals surface area contributed by atoms with E-state index in [0.717, 1.165) is 21.4 Å². The van der Waals surface area contributed by atoms with Gasteiger partial charge in [-0.2, -0.15) is 5.10 Å².